The number of carboxylic acids is 1. The minimum atomic E-state index is -0.979. The van der Waals surface area contributed by atoms with E-state index in [1.807, 2.05) is 91.9 Å². The highest BCUT2D eigenvalue weighted by Gasteiger charge is 2.19. The first-order valence-corrected chi connectivity index (χ1v) is 13.0. The van der Waals surface area contributed by atoms with Crippen molar-refractivity contribution in [2.75, 3.05) is 16.8 Å². The van der Waals surface area contributed by atoms with Crippen molar-refractivity contribution in [1.82, 2.24) is 0 Å². The molecule has 4 aromatic rings. The largest absolute Gasteiger partial charge is 0.478 e. The number of anilines is 2. The molecule has 198 valence electrons. The zero-order valence-electron chi connectivity index (χ0n) is 22.1. The number of para-hydroxylation sites is 1. The van der Waals surface area contributed by atoms with Crippen molar-refractivity contribution in [3.8, 4) is 0 Å². The molecule has 0 bridgehead atoms. The zero-order chi connectivity index (χ0) is 27.8. The van der Waals surface area contributed by atoms with E-state index in [9.17, 15) is 19.5 Å². The molecule has 6 heteroatoms. The van der Waals surface area contributed by atoms with Crippen LogP contribution in [-0.4, -0.2) is 29.4 Å². The number of aromatic carboxylic acids is 1. The number of benzene rings is 4. The summed E-state index contributed by atoms with van der Waals surface area (Å²) < 4.78 is 0. The topological polar surface area (TPSA) is 86.7 Å². The van der Waals surface area contributed by atoms with Gasteiger partial charge in [-0.25, -0.2) is 4.79 Å². The normalized spacial score (nSPS) is 11.4. The van der Waals surface area contributed by atoms with E-state index in [1.165, 1.54) is 0 Å². The Bertz CT molecular complexity index is 1450. The Kier molecular flexibility index (Phi) is 8.90. The molecule has 0 aliphatic heterocycles. The van der Waals surface area contributed by atoms with Gasteiger partial charge in [-0.05, 0) is 59.9 Å². The van der Waals surface area contributed by atoms with Crippen molar-refractivity contribution in [3.05, 3.63) is 131 Å². The molecule has 0 saturated carbocycles. The molecule has 0 heterocycles. The number of amides is 2. The Morgan fingerprint density at radius 1 is 0.795 bits per heavy atom. The lowest BCUT2D eigenvalue weighted by Crippen LogP contribution is -2.30. The van der Waals surface area contributed by atoms with Gasteiger partial charge in [0.15, 0.2) is 0 Å². The summed E-state index contributed by atoms with van der Waals surface area (Å²) in [6, 6.07) is 31.9. The minimum Gasteiger partial charge on any atom is -0.478 e. The summed E-state index contributed by atoms with van der Waals surface area (Å²) in [5.74, 6) is -1.62. The van der Waals surface area contributed by atoms with Gasteiger partial charge in [-0.15, -0.1) is 0 Å². The van der Waals surface area contributed by atoms with Gasteiger partial charge in [0.2, 0.25) is 11.8 Å². The standard InChI is InChI=1S/C33H32N2O4/c1-23(26-16-18-29(19-17-26)35(24(2)36)21-20-25-10-4-3-5-11-25)32(37)34-31-15-9-7-13-28(31)22-27-12-6-8-14-30(27)33(38)39/h3-19,23H,20-22H2,1-2H3,(H,34,37)(H,38,39). The monoisotopic (exact) mass is 520 g/mol. The Balaban J connectivity index is 1.45. The molecule has 39 heavy (non-hydrogen) atoms. The van der Waals surface area contributed by atoms with E-state index in [2.05, 4.69) is 5.32 Å². The molecule has 0 fully saturated rings. The maximum Gasteiger partial charge on any atom is 0.335 e. The molecule has 4 rings (SSSR count). The Morgan fingerprint density at radius 2 is 1.41 bits per heavy atom. The van der Waals surface area contributed by atoms with Gasteiger partial charge in [0.25, 0.3) is 0 Å². The van der Waals surface area contributed by atoms with Crippen molar-refractivity contribution in [2.45, 2.75) is 32.6 Å². The number of hydrogen-bond acceptors (Lipinski definition) is 3. The minimum absolute atomic E-state index is 0.0365. The number of carbonyl (C=O) groups is 3. The van der Waals surface area contributed by atoms with Crippen LogP contribution in [0.25, 0.3) is 0 Å². The summed E-state index contributed by atoms with van der Waals surface area (Å²) in [5, 5.41) is 12.6. The highest BCUT2D eigenvalue weighted by Crippen LogP contribution is 2.25. The molecule has 1 unspecified atom stereocenters. The summed E-state index contributed by atoms with van der Waals surface area (Å²) in [7, 11) is 0. The second-order valence-corrected chi connectivity index (χ2v) is 9.50. The van der Waals surface area contributed by atoms with Crippen LogP contribution in [0.4, 0.5) is 11.4 Å². The van der Waals surface area contributed by atoms with E-state index in [1.54, 1.807) is 30.0 Å². The third kappa shape index (κ3) is 6.99. The molecule has 0 aromatic heterocycles. The number of nitrogens with zero attached hydrogens (tertiary/aromatic N) is 1. The van der Waals surface area contributed by atoms with Crippen LogP contribution in [0.3, 0.4) is 0 Å². The second-order valence-electron chi connectivity index (χ2n) is 9.50. The average molecular weight is 521 g/mol. The Morgan fingerprint density at radius 3 is 2.08 bits per heavy atom. The molecule has 0 radical (unpaired) electrons. The molecule has 0 spiro atoms. The van der Waals surface area contributed by atoms with Crippen LogP contribution in [0.5, 0.6) is 0 Å². The Hall–Kier alpha value is -4.71. The number of rotatable bonds is 10. The van der Waals surface area contributed by atoms with Crippen LogP contribution in [0.2, 0.25) is 0 Å². The summed E-state index contributed by atoms with van der Waals surface area (Å²) in [4.78, 5) is 38.9. The molecule has 1 atom stereocenters. The van der Waals surface area contributed by atoms with Gasteiger partial charge in [-0.1, -0.05) is 78.9 Å². The van der Waals surface area contributed by atoms with Crippen LogP contribution in [0.1, 0.15) is 52.4 Å². The van der Waals surface area contributed by atoms with Crippen molar-refractivity contribution in [1.29, 1.82) is 0 Å². The third-order valence-corrected chi connectivity index (χ3v) is 6.85. The molecular weight excluding hydrogens is 488 g/mol. The summed E-state index contributed by atoms with van der Waals surface area (Å²) in [6.07, 6.45) is 1.13. The molecule has 0 aliphatic carbocycles. The van der Waals surface area contributed by atoms with Gasteiger partial charge in [0, 0.05) is 31.3 Å². The average Bonchev–Trinajstić information content (AvgIpc) is 2.94. The SMILES string of the molecule is CC(=O)N(CCc1ccccc1)c1ccc(C(C)C(=O)Nc2ccccc2Cc2ccccc2C(=O)O)cc1. The molecule has 2 amide bonds. The highest BCUT2D eigenvalue weighted by atomic mass is 16.4. The fourth-order valence-electron chi connectivity index (χ4n) is 4.57. The van der Waals surface area contributed by atoms with Crippen LogP contribution < -0.4 is 10.2 Å². The predicted molar refractivity (Wildman–Crippen MR) is 154 cm³/mol. The van der Waals surface area contributed by atoms with Gasteiger partial charge in [-0.2, -0.15) is 0 Å². The van der Waals surface area contributed by atoms with Crippen LogP contribution in [0.15, 0.2) is 103 Å². The predicted octanol–water partition coefficient (Wildman–Crippen LogP) is 6.31. The molecular formula is C33H32N2O4. The summed E-state index contributed by atoms with van der Waals surface area (Å²) in [5.41, 5.74) is 5.19. The molecule has 4 aromatic carbocycles. The van der Waals surface area contributed by atoms with Crippen LogP contribution >= 0.6 is 0 Å². The quantitative estimate of drug-likeness (QED) is 0.256. The van der Waals surface area contributed by atoms with E-state index in [0.717, 1.165) is 28.8 Å². The molecule has 2 N–H and O–H groups in total. The molecule has 0 aliphatic rings. The molecule has 0 saturated heterocycles. The summed E-state index contributed by atoms with van der Waals surface area (Å²) >= 11 is 0. The Labute approximate surface area is 228 Å². The first-order valence-electron chi connectivity index (χ1n) is 13.0. The maximum atomic E-state index is 13.2. The number of nitrogens with one attached hydrogen (secondary N) is 1. The first-order chi connectivity index (χ1) is 18.8. The van der Waals surface area contributed by atoms with Gasteiger partial charge < -0.3 is 15.3 Å². The van der Waals surface area contributed by atoms with Crippen molar-refractivity contribution < 1.29 is 19.5 Å². The van der Waals surface area contributed by atoms with E-state index in [0.29, 0.717) is 24.2 Å². The maximum absolute atomic E-state index is 13.2. The van der Waals surface area contributed by atoms with Crippen molar-refractivity contribution in [2.24, 2.45) is 0 Å². The number of hydrogen-bond donors (Lipinski definition) is 2. The van der Waals surface area contributed by atoms with Crippen molar-refractivity contribution in [3.63, 3.8) is 0 Å². The second kappa shape index (κ2) is 12.7. The van der Waals surface area contributed by atoms with Crippen molar-refractivity contribution >= 4 is 29.2 Å². The lowest BCUT2D eigenvalue weighted by Gasteiger charge is -2.22. The zero-order valence-corrected chi connectivity index (χ0v) is 22.1. The highest BCUT2D eigenvalue weighted by molar-refractivity contribution is 5.97. The van der Waals surface area contributed by atoms with E-state index >= 15 is 0 Å². The van der Waals surface area contributed by atoms with E-state index in [4.69, 9.17) is 0 Å². The van der Waals surface area contributed by atoms with E-state index < -0.39 is 11.9 Å². The van der Waals surface area contributed by atoms with Crippen LogP contribution in [0, 0.1) is 0 Å². The van der Waals surface area contributed by atoms with Gasteiger partial charge in [-0.3, -0.25) is 9.59 Å². The first kappa shape index (κ1) is 27.3. The number of carbonyl (C=O) groups excluding carboxylic acids is 2. The number of carboxylic acid groups (broad SMARTS) is 1. The smallest absolute Gasteiger partial charge is 0.335 e. The van der Waals surface area contributed by atoms with Gasteiger partial charge in [0.05, 0.1) is 11.5 Å². The van der Waals surface area contributed by atoms with Crippen LogP contribution in [-0.2, 0) is 22.4 Å². The fourth-order valence-corrected chi connectivity index (χ4v) is 4.57. The van der Waals surface area contributed by atoms with Gasteiger partial charge >= 0.3 is 5.97 Å². The third-order valence-electron chi connectivity index (χ3n) is 6.85. The molecule has 6 nitrogen and oxygen atoms in total. The van der Waals surface area contributed by atoms with Gasteiger partial charge in [0.1, 0.15) is 0 Å². The lowest BCUT2D eigenvalue weighted by atomic mass is 9.97. The van der Waals surface area contributed by atoms with E-state index in [-0.39, 0.29) is 17.4 Å². The lowest BCUT2D eigenvalue weighted by molar-refractivity contribution is -0.117. The summed E-state index contributed by atoms with van der Waals surface area (Å²) in [6.45, 7) is 3.96. The fraction of sp³-hybridized carbons (Fsp3) is 0.182.